The highest BCUT2D eigenvalue weighted by atomic mass is 79.9. The Hall–Kier alpha value is -0.850. The van der Waals surface area contributed by atoms with Gasteiger partial charge in [0.15, 0.2) is 5.75 Å². The lowest BCUT2D eigenvalue weighted by molar-refractivity contribution is 0.457. The average Bonchev–Trinajstić information content (AvgIpc) is 2.29. The normalized spacial score (nSPS) is 10.4. The van der Waals surface area contributed by atoms with Crippen molar-refractivity contribution in [2.45, 2.75) is 0 Å². The minimum absolute atomic E-state index is 0.186. The summed E-state index contributed by atoms with van der Waals surface area (Å²) < 4.78 is 19.6. The van der Waals surface area contributed by atoms with E-state index < -0.39 is 5.82 Å². The number of rotatable bonds is 2. The van der Waals surface area contributed by atoms with Crippen LogP contribution < -0.4 is 10.5 Å². The first-order valence-electron chi connectivity index (χ1n) is 4.71. The van der Waals surface area contributed by atoms with Crippen molar-refractivity contribution in [3.63, 3.8) is 0 Å². The second kappa shape index (κ2) is 5.42. The fraction of sp³-hybridized carbons (Fsp3) is 0. The third kappa shape index (κ3) is 2.93. The number of nitrogen functional groups attached to an aromatic ring is 1. The van der Waals surface area contributed by atoms with Gasteiger partial charge in [0.25, 0.3) is 0 Å². The Labute approximate surface area is 124 Å². The number of nitrogens with two attached hydrogens (primary N) is 1. The van der Waals surface area contributed by atoms with Crippen LogP contribution in [0.25, 0.3) is 0 Å². The van der Waals surface area contributed by atoms with Crippen molar-refractivity contribution in [1.82, 2.24) is 4.98 Å². The van der Waals surface area contributed by atoms with E-state index in [1.807, 2.05) is 0 Å². The molecule has 0 unspecified atom stereocenters. The van der Waals surface area contributed by atoms with Crippen LogP contribution in [0.5, 0.6) is 11.6 Å². The predicted molar refractivity (Wildman–Crippen MR) is 75.5 cm³/mol. The van der Waals surface area contributed by atoms with Gasteiger partial charge in [-0.15, -0.1) is 0 Å². The fourth-order valence-corrected chi connectivity index (χ4v) is 2.29. The zero-order valence-electron chi connectivity index (χ0n) is 8.75. The molecular weight excluding hydrogens is 390 g/mol. The zero-order chi connectivity index (χ0) is 13.3. The maximum Gasteiger partial charge on any atom is 0.233 e. The smallest absolute Gasteiger partial charge is 0.233 e. The Morgan fingerprint density at radius 3 is 2.61 bits per heavy atom. The highest BCUT2D eigenvalue weighted by molar-refractivity contribution is 9.10. The van der Waals surface area contributed by atoms with E-state index in [2.05, 4.69) is 36.8 Å². The van der Waals surface area contributed by atoms with E-state index in [9.17, 15) is 4.39 Å². The van der Waals surface area contributed by atoms with Crippen LogP contribution in [0.2, 0.25) is 5.02 Å². The Kier molecular flexibility index (Phi) is 4.09. The van der Waals surface area contributed by atoms with E-state index >= 15 is 0 Å². The summed E-state index contributed by atoms with van der Waals surface area (Å²) in [6.07, 6.45) is 1.42. The van der Waals surface area contributed by atoms with Gasteiger partial charge >= 0.3 is 0 Å². The van der Waals surface area contributed by atoms with Crippen molar-refractivity contribution in [2.75, 3.05) is 5.73 Å². The van der Waals surface area contributed by atoms with Gasteiger partial charge in [-0.05, 0) is 44.0 Å². The average molecular weight is 396 g/mol. The van der Waals surface area contributed by atoms with Gasteiger partial charge in [0.2, 0.25) is 5.88 Å². The summed E-state index contributed by atoms with van der Waals surface area (Å²) in [5.41, 5.74) is 6.03. The van der Waals surface area contributed by atoms with Gasteiger partial charge in [-0.25, -0.2) is 9.37 Å². The largest absolute Gasteiger partial charge is 0.436 e. The first kappa shape index (κ1) is 13.6. The topological polar surface area (TPSA) is 48.1 Å². The summed E-state index contributed by atoms with van der Waals surface area (Å²) in [6.45, 7) is 0. The molecular formula is C11H6Br2ClFN2O. The van der Waals surface area contributed by atoms with Gasteiger partial charge in [0, 0.05) is 12.3 Å². The van der Waals surface area contributed by atoms with Crippen LogP contribution in [0.3, 0.4) is 0 Å². The van der Waals surface area contributed by atoms with Crippen LogP contribution in [-0.4, -0.2) is 4.98 Å². The number of hydrogen-bond donors (Lipinski definition) is 1. The molecule has 0 radical (unpaired) electrons. The van der Waals surface area contributed by atoms with Crippen LogP contribution in [0.4, 0.5) is 10.1 Å². The van der Waals surface area contributed by atoms with Crippen LogP contribution in [-0.2, 0) is 0 Å². The van der Waals surface area contributed by atoms with Crippen LogP contribution >= 0.6 is 43.5 Å². The van der Waals surface area contributed by atoms with Crippen molar-refractivity contribution in [3.8, 4) is 11.6 Å². The summed E-state index contributed by atoms with van der Waals surface area (Å²) in [5, 5.41) is 0.462. The molecule has 0 saturated carbocycles. The van der Waals surface area contributed by atoms with Gasteiger partial charge in [-0.1, -0.05) is 11.6 Å². The van der Waals surface area contributed by atoms with Crippen molar-refractivity contribution < 1.29 is 9.13 Å². The van der Waals surface area contributed by atoms with E-state index in [4.69, 9.17) is 22.1 Å². The fourth-order valence-electron chi connectivity index (χ4n) is 1.21. The highest BCUT2D eigenvalue weighted by Gasteiger charge is 2.11. The summed E-state index contributed by atoms with van der Waals surface area (Å²) >= 11 is 12.0. The van der Waals surface area contributed by atoms with E-state index in [0.29, 0.717) is 15.2 Å². The van der Waals surface area contributed by atoms with Gasteiger partial charge in [0.05, 0.1) is 19.7 Å². The Morgan fingerprint density at radius 1 is 1.22 bits per heavy atom. The molecule has 1 heterocycles. The summed E-state index contributed by atoms with van der Waals surface area (Å²) in [5.74, 6) is -0.0247. The van der Waals surface area contributed by atoms with Gasteiger partial charge in [0.1, 0.15) is 5.82 Å². The summed E-state index contributed by atoms with van der Waals surface area (Å²) in [4.78, 5) is 3.98. The molecule has 2 rings (SSSR count). The number of nitrogens with zero attached hydrogens (tertiary/aromatic N) is 1. The minimum Gasteiger partial charge on any atom is -0.436 e. The van der Waals surface area contributed by atoms with Crippen molar-refractivity contribution in [1.29, 1.82) is 0 Å². The monoisotopic (exact) mass is 394 g/mol. The zero-order valence-corrected chi connectivity index (χ0v) is 12.7. The molecule has 0 spiro atoms. The molecule has 18 heavy (non-hydrogen) atoms. The molecule has 2 aromatic rings. The molecule has 0 atom stereocenters. The highest BCUT2D eigenvalue weighted by Crippen LogP contribution is 2.34. The second-order valence-corrected chi connectivity index (χ2v) is 5.49. The molecule has 3 nitrogen and oxygen atoms in total. The third-order valence-electron chi connectivity index (χ3n) is 2.03. The van der Waals surface area contributed by atoms with Gasteiger partial charge < -0.3 is 10.5 Å². The quantitative estimate of drug-likeness (QED) is 0.744. The van der Waals surface area contributed by atoms with Gasteiger partial charge in [-0.3, -0.25) is 0 Å². The SMILES string of the molecule is Nc1cc(Br)c(F)cc1Oc1ncc(Cl)cc1Br. The van der Waals surface area contributed by atoms with Crippen LogP contribution in [0.15, 0.2) is 33.3 Å². The maximum absolute atomic E-state index is 13.4. The predicted octanol–water partition coefficient (Wildman–Crippen LogP) is 4.77. The maximum atomic E-state index is 13.4. The standard InChI is InChI=1S/C11H6Br2ClFN2O/c12-6-2-9(16)10(3-8(6)15)18-11-7(13)1-5(14)4-17-11/h1-4H,16H2. The number of pyridine rings is 1. The molecule has 0 saturated heterocycles. The van der Waals surface area contributed by atoms with Crippen molar-refractivity contribution in [3.05, 3.63) is 44.2 Å². The summed E-state index contributed by atoms with van der Waals surface area (Å²) in [7, 11) is 0. The van der Waals surface area contributed by atoms with E-state index in [0.717, 1.165) is 0 Å². The molecule has 94 valence electrons. The molecule has 0 aliphatic rings. The molecule has 7 heteroatoms. The first-order chi connectivity index (χ1) is 8.47. The van der Waals surface area contributed by atoms with E-state index in [-0.39, 0.29) is 16.1 Å². The molecule has 0 fully saturated rings. The minimum atomic E-state index is -0.468. The number of anilines is 1. The molecule has 0 aliphatic heterocycles. The lowest BCUT2D eigenvalue weighted by atomic mass is 10.3. The second-order valence-electron chi connectivity index (χ2n) is 3.35. The number of hydrogen-bond acceptors (Lipinski definition) is 3. The van der Waals surface area contributed by atoms with E-state index in [1.54, 1.807) is 6.07 Å². The van der Waals surface area contributed by atoms with Crippen LogP contribution in [0.1, 0.15) is 0 Å². The first-order valence-corrected chi connectivity index (χ1v) is 6.67. The molecule has 0 amide bonds. The number of halogens is 4. The Balaban J connectivity index is 2.37. The Morgan fingerprint density at radius 2 is 1.94 bits per heavy atom. The van der Waals surface area contributed by atoms with Gasteiger partial charge in [-0.2, -0.15) is 0 Å². The lowest BCUT2D eigenvalue weighted by Crippen LogP contribution is -1.96. The number of ether oxygens (including phenoxy) is 1. The third-order valence-corrected chi connectivity index (χ3v) is 3.42. The lowest BCUT2D eigenvalue weighted by Gasteiger charge is -2.09. The Bertz CT molecular complexity index is 610. The number of aromatic nitrogens is 1. The van der Waals surface area contributed by atoms with Crippen molar-refractivity contribution >= 4 is 49.1 Å². The van der Waals surface area contributed by atoms with Crippen LogP contribution in [0, 0.1) is 5.82 Å². The van der Waals surface area contributed by atoms with Crippen molar-refractivity contribution in [2.24, 2.45) is 0 Å². The molecule has 0 aliphatic carbocycles. The molecule has 0 bridgehead atoms. The molecule has 1 aromatic heterocycles. The molecule has 1 aromatic carbocycles. The van der Waals surface area contributed by atoms with E-state index in [1.165, 1.54) is 18.3 Å². The number of benzene rings is 1. The molecule has 2 N–H and O–H groups in total. The summed E-state index contributed by atoms with van der Waals surface area (Å²) in [6, 6.07) is 4.23.